The minimum absolute atomic E-state index is 0.169. The highest BCUT2D eigenvalue weighted by atomic mass is 16.5. The van der Waals surface area contributed by atoms with Gasteiger partial charge in [-0.25, -0.2) is 4.79 Å². The van der Waals surface area contributed by atoms with Crippen LogP contribution in [-0.2, 0) is 22.4 Å². The molecule has 2 aromatic rings. The third-order valence-corrected chi connectivity index (χ3v) is 5.33. The number of hydrogen-bond acceptors (Lipinski definition) is 5. The van der Waals surface area contributed by atoms with Crippen molar-refractivity contribution in [1.29, 1.82) is 0 Å². The van der Waals surface area contributed by atoms with Crippen LogP contribution >= 0.6 is 0 Å². The maximum Gasteiger partial charge on any atom is 0.332 e. The Morgan fingerprint density at radius 1 is 0.690 bits per heavy atom. The number of nitrogens with zero attached hydrogens (tertiary/aromatic N) is 2. The number of rotatable bonds is 6. The molecule has 0 aliphatic carbocycles. The average Bonchev–Trinajstić information content (AvgIpc) is 2.76. The van der Waals surface area contributed by atoms with Crippen molar-refractivity contribution in [3.05, 3.63) is 59.7 Å². The molecule has 0 saturated carbocycles. The molecular formula is C22H24N2O5. The number of ether oxygens (including phenoxy) is 2. The van der Waals surface area contributed by atoms with Crippen LogP contribution in [0.1, 0.15) is 11.1 Å². The first-order valence-corrected chi connectivity index (χ1v) is 9.18. The van der Waals surface area contributed by atoms with Crippen LogP contribution in [0.25, 0.3) is 0 Å². The largest absolute Gasteiger partial charge is 0.497 e. The smallest absolute Gasteiger partial charge is 0.332 e. The Balaban J connectivity index is 2.04. The summed E-state index contributed by atoms with van der Waals surface area (Å²) in [6.07, 6.45) is 0.339. The SMILES string of the molecule is COc1ccc(CC2(Cc3ccc(OC)cc3)C(=O)N(C)C(=O)N(C)C2=O)cc1. The molecule has 3 rings (SSSR count). The van der Waals surface area contributed by atoms with Crippen LogP contribution in [0.15, 0.2) is 48.5 Å². The number of carbonyl (C=O) groups excluding carboxylic acids is 3. The van der Waals surface area contributed by atoms with E-state index >= 15 is 0 Å². The van der Waals surface area contributed by atoms with Gasteiger partial charge in [-0.2, -0.15) is 0 Å². The lowest BCUT2D eigenvalue weighted by Crippen LogP contribution is -2.64. The van der Waals surface area contributed by atoms with Gasteiger partial charge in [-0.3, -0.25) is 19.4 Å². The van der Waals surface area contributed by atoms with Crippen molar-refractivity contribution in [3.63, 3.8) is 0 Å². The van der Waals surface area contributed by atoms with Gasteiger partial charge in [0, 0.05) is 14.1 Å². The number of benzene rings is 2. The zero-order valence-electron chi connectivity index (χ0n) is 17.0. The summed E-state index contributed by atoms with van der Waals surface area (Å²) in [4.78, 5) is 40.9. The van der Waals surface area contributed by atoms with E-state index in [4.69, 9.17) is 9.47 Å². The summed E-state index contributed by atoms with van der Waals surface area (Å²) < 4.78 is 10.4. The average molecular weight is 396 g/mol. The zero-order chi connectivity index (χ0) is 21.2. The second kappa shape index (κ2) is 7.95. The molecule has 2 aromatic carbocycles. The number of methoxy groups -OCH3 is 2. The Kier molecular flexibility index (Phi) is 5.59. The Morgan fingerprint density at radius 3 is 1.34 bits per heavy atom. The molecule has 0 aromatic heterocycles. The molecular weight excluding hydrogens is 372 g/mol. The molecule has 1 aliphatic rings. The molecule has 0 radical (unpaired) electrons. The molecule has 0 spiro atoms. The van der Waals surface area contributed by atoms with Crippen LogP contribution in [0.5, 0.6) is 11.5 Å². The number of hydrogen-bond donors (Lipinski definition) is 0. The molecule has 152 valence electrons. The highest BCUT2D eigenvalue weighted by Gasteiger charge is 2.55. The summed E-state index contributed by atoms with van der Waals surface area (Å²) in [5.41, 5.74) is 0.190. The third-order valence-electron chi connectivity index (χ3n) is 5.33. The predicted octanol–water partition coefficient (Wildman–Crippen LogP) is 2.53. The fourth-order valence-electron chi connectivity index (χ4n) is 3.68. The van der Waals surface area contributed by atoms with E-state index < -0.39 is 23.3 Å². The number of barbiturate groups is 1. The van der Waals surface area contributed by atoms with Crippen molar-refractivity contribution in [2.45, 2.75) is 12.8 Å². The minimum Gasteiger partial charge on any atom is -0.497 e. The molecule has 0 bridgehead atoms. The standard InChI is InChI=1S/C22H24N2O5/c1-23-19(25)22(20(26)24(2)21(23)27,13-15-5-9-17(28-3)10-6-15)14-16-7-11-18(29-4)12-8-16/h5-12H,13-14H2,1-4H3. The predicted molar refractivity (Wildman–Crippen MR) is 107 cm³/mol. The van der Waals surface area contributed by atoms with E-state index in [2.05, 4.69) is 0 Å². The quantitative estimate of drug-likeness (QED) is 0.702. The van der Waals surface area contributed by atoms with Crippen molar-refractivity contribution in [2.75, 3.05) is 28.3 Å². The molecule has 0 unspecified atom stereocenters. The molecule has 4 amide bonds. The van der Waals surface area contributed by atoms with Gasteiger partial charge in [-0.15, -0.1) is 0 Å². The van der Waals surface area contributed by atoms with Gasteiger partial charge in [0.1, 0.15) is 16.9 Å². The monoisotopic (exact) mass is 396 g/mol. The van der Waals surface area contributed by atoms with E-state index in [9.17, 15) is 14.4 Å². The maximum atomic E-state index is 13.3. The van der Waals surface area contributed by atoms with Gasteiger partial charge in [0.15, 0.2) is 0 Å². The van der Waals surface area contributed by atoms with E-state index in [1.54, 1.807) is 38.5 Å². The Hall–Kier alpha value is -3.35. The first-order chi connectivity index (χ1) is 13.8. The first-order valence-electron chi connectivity index (χ1n) is 9.18. The second-order valence-electron chi connectivity index (χ2n) is 7.14. The van der Waals surface area contributed by atoms with E-state index in [0.29, 0.717) is 11.5 Å². The summed E-state index contributed by atoms with van der Waals surface area (Å²) in [6.45, 7) is 0. The van der Waals surface area contributed by atoms with Crippen LogP contribution in [0.3, 0.4) is 0 Å². The lowest BCUT2D eigenvalue weighted by atomic mass is 9.73. The first kappa shape index (κ1) is 20.4. The van der Waals surface area contributed by atoms with Crippen molar-refractivity contribution in [3.8, 4) is 11.5 Å². The van der Waals surface area contributed by atoms with Crippen LogP contribution in [0.2, 0.25) is 0 Å². The number of amides is 4. The summed E-state index contributed by atoms with van der Waals surface area (Å²) >= 11 is 0. The van der Waals surface area contributed by atoms with Crippen LogP contribution in [0, 0.1) is 5.41 Å². The van der Waals surface area contributed by atoms with Gasteiger partial charge >= 0.3 is 6.03 Å². The molecule has 29 heavy (non-hydrogen) atoms. The van der Waals surface area contributed by atoms with Crippen molar-refractivity contribution < 1.29 is 23.9 Å². The number of urea groups is 1. The Morgan fingerprint density at radius 2 is 1.03 bits per heavy atom. The minimum atomic E-state index is -1.42. The summed E-state index contributed by atoms with van der Waals surface area (Å²) in [5, 5.41) is 0. The molecule has 0 N–H and O–H groups in total. The van der Waals surface area contributed by atoms with E-state index in [1.807, 2.05) is 24.3 Å². The highest BCUT2D eigenvalue weighted by molar-refractivity contribution is 6.19. The molecule has 0 atom stereocenters. The fraction of sp³-hybridized carbons (Fsp3) is 0.318. The molecule has 7 nitrogen and oxygen atoms in total. The van der Waals surface area contributed by atoms with Crippen molar-refractivity contribution in [2.24, 2.45) is 5.41 Å². The third kappa shape index (κ3) is 3.68. The fourth-order valence-corrected chi connectivity index (χ4v) is 3.68. The number of carbonyl (C=O) groups is 3. The van der Waals surface area contributed by atoms with E-state index in [0.717, 1.165) is 20.9 Å². The molecule has 1 aliphatic heterocycles. The lowest BCUT2D eigenvalue weighted by Gasteiger charge is -2.42. The van der Waals surface area contributed by atoms with Gasteiger partial charge in [0.2, 0.25) is 11.8 Å². The van der Waals surface area contributed by atoms with Crippen molar-refractivity contribution >= 4 is 17.8 Å². The lowest BCUT2D eigenvalue weighted by molar-refractivity contribution is -0.157. The van der Waals surface area contributed by atoms with Gasteiger partial charge < -0.3 is 9.47 Å². The van der Waals surface area contributed by atoms with Crippen LogP contribution < -0.4 is 9.47 Å². The summed E-state index contributed by atoms with van der Waals surface area (Å²) in [7, 11) is 5.96. The normalized spacial score (nSPS) is 16.2. The van der Waals surface area contributed by atoms with Gasteiger partial charge in [-0.1, -0.05) is 24.3 Å². The Labute approximate surface area is 169 Å². The van der Waals surface area contributed by atoms with E-state index in [1.165, 1.54) is 14.1 Å². The van der Waals surface area contributed by atoms with Gasteiger partial charge in [0.25, 0.3) is 0 Å². The number of imide groups is 2. The van der Waals surface area contributed by atoms with Crippen LogP contribution in [0.4, 0.5) is 4.79 Å². The highest BCUT2D eigenvalue weighted by Crippen LogP contribution is 2.36. The molecule has 1 heterocycles. The van der Waals surface area contributed by atoms with Gasteiger partial charge in [0.05, 0.1) is 14.2 Å². The summed E-state index contributed by atoms with van der Waals surface area (Å²) in [6, 6.07) is 13.8. The maximum absolute atomic E-state index is 13.3. The molecule has 1 fully saturated rings. The van der Waals surface area contributed by atoms with Crippen molar-refractivity contribution in [1.82, 2.24) is 9.80 Å². The Bertz CT molecular complexity index is 846. The zero-order valence-corrected chi connectivity index (χ0v) is 17.0. The molecule has 7 heteroatoms. The van der Waals surface area contributed by atoms with Gasteiger partial charge in [-0.05, 0) is 48.2 Å². The van der Waals surface area contributed by atoms with Crippen LogP contribution in [-0.4, -0.2) is 56.0 Å². The molecule has 1 saturated heterocycles. The topological polar surface area (TPSA) is 76.2 Å². The second-order valence-corrected chi connectivity index (χ2v) is 7.14. The summed E-state index contributed by atoms with van der Waals surface area (Å²) in [5.74, 6) is 0.363. The van der Waals surface area contributed by atoms with E-state index in [-0.39, 0.29) is 12.8 Å².